The Labute approximate surface area is 244 Å². The molecule has 4 N–H and O–H groups in total. The summed E-state index contributed by atoms with van der Waals surface area (Å²) in [6, 6.07) is 22.1. The summed E-state index contributed by atoms with van der Waals surface area (Å²) in [6.45, 7) is 0. The van der Waals surface area contributed by atoms with Crippen LogP contribution in [-0.4, -0.2) is 33.4 Å². The van der Waals surface area contributed by atoms with Crippen LogP contribution in [0, 0.1) is 5.92 Å². The predicted octanol–water partition coefficient (Wildman–Crippen LogP) is 5.55. The molecule has 4 rings (SSSR count). The maximum Gasteiger partial charge on any atom is 0.524 e. The highest BCUT2D eigenvalue weighted by Gasteiger charge is 2.31. The van der Waals surface area contributed by atoms with Crippen LogP contribution in [0.25, 0.3) is 0 Å². The lowest BCUT2D eigenvalue weighted by Gasteiger charge is -2.20. The number of carbonyl (C=O) groups is 3. The van der Waals surface area contributed by atoms with Crippen molar-refractivity contribution in [2.24, 2.45) is 5.92 Å². The number of phosphoric ester groups is 1. The van der Waals surface area contributed by atoms with E-state index >= 15 is 0 Å². The lowest BCUT2D eigenvalue weighted by atomic mass is 9.92. The first kappa shape index (κ1) is 31.0. The predicted molar refractivity (Wildman–Crippen MR) is 157 cm³/mol. The highest BCUT2D eigenvalue weighted by atomic mass is 31.2. The number of ether oxygens (including phenoxy) is 1. The number of aryl methyl sites for hydroxylation is 1. The summed E-state index contributed by atoms with van der Waals surface area (Å²) in [6.07, 6.45) is 4.13. The Balaban J connectivity index is 1.21. The van der Waals surface area contributed by atoms with Crippen LogP contribution in [0.1, 0.15) is 50.5 Å². The molecule has 1 aliphatic rings. The summed E-state index contributed by atoms with van der Waals surface area (Å²) in [4.78, 5) is 56.4. The van der Waals surface area contributed by atoms with Crippen LogP contribution < -0.4 is 19.9 Å². The number of para-hydroxylation sites is 1. The average Bonchev–Trinajstić information content (AvgIpc) is 3.11. The largest absolute Gasteiger partial charge is 0.524 e. The highest BCUT2D eigenvalue weighted by molar-refractivity contribution is 7.46. The van der Waals surface area contributed by atoms with E-state index in [1.54, 1.807) is 36.4 Å². The fourth-order valence-corrected chi connectivity index (χ4v) is 5.29. The summed E-state index contributed by atoms with van der Waals surface area (Å²) in [5.74, 6) is 0.363. The minimum Gasteiger partial charge on any atom is -0.457 e. The summed E-state index contributed by atoms with van der Waals surface area (Å²) < 4.78 is 21.2. The monoisotopic (exact) mass is 594 g/mol. The van der Waals surface area contributed by atoms with Crippen LogP contribution in [-0.2, 0) is 25.4 Å². The average molecular weight is 595 g/mol. The highest BCUT2D eigenvalue weighted by Crippen LogP contribution is 2.37. The van der Waals surface area contributed by atoms with Crippen molar-refractivity contribution in [2.45, 2.75) is 57.4 Å². The van der Waals surface area contributed by atoms with Crippen LogP contribution >= 0.6 is 7.82 Å². The first-order chi connectivity index (χ1) is 20.1. The zero-order valence-electron chi connectivity index (χ0n) is 23.1. The Morgan fingerprint density at radius 2 is 1.48 bits per heavy atom. The summed E-state index contributed by atoms with van der Waals surface area (Å²) in [5.41, 5.74) is 1.49. The minimum atomic E-state index is -4.61. The number of hydrogen-bond donors (Lipinski definition) is 4. The van der Waals surface area contributed by atoms with Crippen molar-refractivity contribution in [2.75, 3.05) is 5.32 Å². The molecule has 2 unspecified atom stereocenters. The third-order valence-electron chi connectivity index (χ3n) is 6.94. The normalized spacial score (nSPS) is 17.1. The van der Waals surface area contributed by atoms with Crippen LogP contribution in [0.4, 0.5) is 5.69 Å². The summed E-state index contributed by atoms with van der Waals surface area (Å²) in [7, 11) is -4.61. The number of hydrogen-bond acceptors (Lipinski definition) is 6. The number of anilines is 1. The van der Waals surface area contributed by atoms with Crippen molar-refractivity contribution in [3.05, 3.63) is 84.4 Å². The molecule has 3 aromatic carbocycles. The van der Waals surface area contributed by atoms with Crippen molar-refractivity contribution in [1.82, 2.24) is 5.32 Å². The molecule has 0 bridgehead atoms. The smallest absolute Gasteiger partial charge is 0.457 e. The number of carbonyl (C=O) groups excluding carboxylic acids is 3. The van der Waals surface area contributed by atoms with Gasteiger partial charge in [-0.15, -0.1) is 0 Å². The Kier molecular flexibility index (Phi) is 10.9. The van der Waals surface area contributed by atoms with Gasteiger partial charge < -0.3 is 19.9 Å². The van der Waals surface area contributed by atoms with E-state index in [0.29, 0.717) is 42.9 Å². The van der Waals surface area contributed by atoms with Crippen LogP contribution in [0.5, 0.6) is 17.2 Å². The molecule has 0 heterocycles. The second-order valence-electron chi connectivity index (χ2n) is 10.3. The first-order valence-corrected chi connectivity index (χ1v) is 15.5. The second-order valence-corrected chi connectivity index (χ2v) is 11.4. The maximum absolute atomic E-state index is 13.2. The van der Waals surface area contributed by atoms with Crippen molar-refractivity contribution < 1.29 is 38.0 Å². The van der Waals surface area contributed by atoms with Gasteiger partial charge in [0.15, 0.2) is 5.78 Å². The van der Waals surface area contributed by atoms with E-state index in [1.807, 2.05) is 30.3 Å². The lowest BCUT2D eigenvalue weighted by molar-refractivity contribution is -0.131. The van der Waals surface area contributed by atoms with Gasteiger partial charge in [-0.3, -0.25) is 24.2 Å². The molecule has 1 fully saturated rings. The maximum atomic E-state index is 13.2. The van der Waals surface area contributed by atoms with Gasteiger partial charge in [0.25, 0.3) is 0 Å². The second kappa shape index (κ2) is 14.8. The lowest BCUT2D eigenvalue weighted by Crippen LogP contribution is -2.43. The third kappa shape index (κ3) is 10.1. The molecule has 0 aliphatic heterocycles. The Bertz CT molecular complexity index is 1390. The van der Waals surface area contributed by atoms with Gasteiger partial charge in [-0.05, 0) is 79.8 Å². The van der Waals surface area contributed by atoms with Crippen LogP contribution in [0.3, 0.4) is 0 Å². The van der Waals surface area contributed by atoms with E-state index in [0.717, 1.165) is 18.4 Å². The molecule has 0 aromatic heterocycles. The summed E-state index contributed by atoms with van der Waals surface area (Å²) in [5, 5.41) is 5.72. The zero-order valence-corrected chi connectivity index (χ0v) is 24.0. The Morgan fingerprint density at radius 3 is 2.17 bits per heavy atom. The fourth-order valence-electron chi connectivity index (χ4n) is 4.89. The molecule has 3 aromatic rings. The molecular weight excluding hydrogens is 559 g/mol. The van der Waals surface area contributed by atoms with Gasteiger partial charge in [0.1, 0.15) is 17.2 Å². The van der Waals surface area contributed by atoms with Gasteiger partial charge >= 0.3 is 7.82 Å². The van der Waals surface area contributed by atoms with Gasteiger partial charge in [-0.1, -0.05) is 43.2 Å². The van der Waals surface area contributed by atoms with E-state index in [2.05, 4.69) is 15.2 Å². The molecule has 0 radical (unpaired) electrons. The molecular formula is C31H35N2O8P. The van der Waals surface area contributed by atoms with Crippen molar-refractivity contribution >= 4 is 31.1 Å². The summed E-state index contributed by atoms with van der Waals surface area (Å²) >= 11 is 0. The van der Waals surface area contributed by atoms with Gasteiger partial charge in [-0.2, -0.15) is 0 Å². The quantitative estimate of drug-likeness (QED) is 0.158. The van der Waals surface area contributed by atoms with Gasteiger partial charge in [-0.25, -0.2) is 4.57 Å². The Morgan fingerprint density at radius 1 is 0.833 bits per heavy atom. The van der Waals surface area contributed by atoms with Gasteiger partial charge in [0.05, 0.1) is 6.04 Å². The molecule has 222 valence electrons. The molecule has 1 saturated carbocycles. The molecule has 2 atom stereocenters. The van der Waals surface area contributed by atoms with Crippen LogP contribution in [0.2, 0.25) is 0 Å². The third-order valence-corrected chi connectivity index (χ3v) is 7.39. The number of ketones is 1. The Hall–Kier alpha value is -3.98. The molecule has 42 heavy (non-hydrogen) atoms. The molecule has 0 spiro atoms. The molecule has 11 heteroatoms. The van der Waals surface area contributed by atoms with Crippen molar-refractivity contribution in [1.29, 1.82) is 0 Å². The van der Waals surface area contributed by atoms with E-state index in [1.165, 1.54) is 12.1 Å². The van der Waals surface area contributed by atoms with Gasteiger partial charge in [0.2, 0.25) is 11.8 Å². The molecule has 1 aliphatic carbocycles. The zero-order chi connectivity index (χ0) is 30.0. The number of amides is 2. The van der Waals surface area contributed by atoms with E-state index in [-0.39, 0.29) is 36.2 Å². The van der Waals surface area contributed by atoms with Crippen molar-refractivity contribution in [3.8, 4) is 17.2 Å². The van der Waals surface area contributed by atoms with Crippen molar-refractivity contribution in [3.63, 3.8) is 0 Å². The molecule has 10 nitrogen and oxygen atoms in total. The topological polar surface area (TPSA) is 151 Å². The minimum absolute atomic E-state index is 0.0508. The number of Topliss-reactive ketones (excluding diaryl/α,β-unsaturated/α-hetero) is 1. The molecule has 0 saturated heterocycles. The number of rotatable bonds is 12. The van der Waals surface area contributed by atoms with E-state index in [4.69, 9.17) is 14.5 Å². The van der Waals surface area contributed by atoms with E-state index in [9.17, 15) is 18.9 Å². The van der Waals surface area contributed by atoms with E-state index < -0.39 is 19.8 Å². The first-order valence-electron chi connectivity index (χ1n) is 13.9. The number of benzene rings is 3. The SMILES string of the molecule is O=C(CC1CCCCC(NC(=O)CCCc2ccc(OP(=O)(O)O)cc2)C1=O)Nc1ccc(Oc2ccccc2)cc1. The fraction of sp³-hybridized carbons (Fsp3) is 0.323. The number of phosphoric acid groups is 1. The standard InChI is InChI=1S/C31H35N2O8P/c34-29(12-6-7-22-13-17-27(18-14-22)41-42(37,38)39)33-28-11-5-4-8-23(31(28)36)21-30(35)32-24-15-19-26(20-16-24)40-25-9-2-1-3-10-25/h1-3,9-10,13-20,23,28H,4-8,11-12,21H2,(H,32,35)(H,33,34)(H2,37,38,39). The molecule has 2 amide bonds. The number of nitrogens with one attached hydrogen (secondary N) is 2. The van der Waals surface area contributed by atoms with Gasteiger partial charge in [0, 0.05) is 24.4 Å². The van der Waals surface area contributed by atoms with Crippen LogP contribution in [0.15, 0.2) is 78.9 Å².